The van der Waals surface area contributed by atoms with Crippen molar-refractivity contribution >= 4 is 0 Å². The van der Waals surface area contributed by atoms with Crippen molar-refractivity contribution < 1.29 is 4.90 Å². The number of hydrogen-bond donors (Lipinski definition) is 1. The van der Waals surface area contributed by atoms with Crippen LogP contribution in [0, 0.1) is 0 Å². The van der Waals surface area contributed by atoms with Gasteiger partial charge in [0.15, 0.2) is 0 Å². The van der Waals surface area contributed by atoms with Gasteiger partial charge in [-0.15, -0.1) is 0 Å². The molecule has 0 saturated carbocycles. The van der Waals surface area contributed by atoms with E-state index in [9.17, 15) is 0 Å². The summed E-state index contributed by atoms with van der Waals surface area (Å²) < 4.78 is 0. The van der Waals surface area contributed by atoms with Crippen molar-refractivity contribution in [3.8, 4) is 0 Å². The van der Waals surface area contributed by atoms with Crippen LogP contribution in [0.3, 0.4) is 0 Å². The molecule has 1 N–H and O–H groups in total. The number of quaternary nitrogens is 1. The van der Waals surface area contributed by atoms with E-state index in [1.165, 1.54) is 135 Å². The Morgan fingerprint density at radius 3 is 0.960 bits per heavy atom. The second kappa shape index (κ2) is 22.0. The number of nitrogens with one attached hydrogen (secondary N) is 1. The predicted octanol–water partition coefficient (Wildman–Crippen LogP) is 6.95. The Balaban J connectivity index is 3.13. The first-order valence-electron chi connectivity index (χ1n) is 12.2. The Bertz CT molecular complexity index is 220. The average Bonchev–Trinajstić information content (AvgIpc) is 2.61. The van der Waals surface area contributed by atoms with Gasteiger partial charge in [-0.3, -0.25) is 0 Å². The zero-order valence-corrected chi connectivity index (χ0v) is 18.3. The fourth-order valence-corrected chi connectivity index (χ4v) is 4.01. The van der Waals surface area contributed by atoms with E-state index in [1.807, 2.05) is 4.90 Å². The van der Waals surface area contributed by atoms with Gasteiger partial charge in [-0.25, -0.2) is 0 Å². The van der Waals surface area contributed by atoms with Gasteiger partial charge in [0.2, 0.25) is 0 Å². The summed E-state index contributed by atoms with van der Waals surface area (Å²) in [6.45, 7) is 11.1. The van der Waals surface area contributed by atoms with E-state index in [0.29, 0.717) is 0 Å². The van der Waals surface area contributed by atoms with Gasteiger partial charge < -0.3 is 4.90 Å². The van der Waals surface area contributed by atoms with Crippen molar-refractivity contribution in [3.05, 3.63) is 0 Å². The normalized spacial score (nSPS) is 11.5. The highest BCUT2D eigenvalue weighted by molar-refractivity contribution is 4.50. The number of hydrogen-bond acceptors (Lipinski definition) is 0. The molecule has 0 aromatic carbocycles. The van der Waals surface area contributed by atoms with E-state index in [-0.39, 0.29) is 0 Å². The van der Waals surface area contributed by atoms with Gasteiger partial charge in [-0.1, -0.05) is 111 Å². The first-order chi connectivity index (χ1) is 12.3. The molecule has 0 aliphatic rings. The molecule has 25 heavy (non-hydrogen) atoms. The van der Waals surface area contributed by atoms with Crippen LogP contribution in [0.1, 0.15) is 136 Å². The summed E-state index contributed by atoms with van der Waals surface area (Å²) in [5.41, 5.74) is 0. The Hall–Kier alpha value is -0.0400. The quantitative estimate of drug-likeness (QED) is 0.213. The van der Waals surface area contributed by atoms with Crippen LogP contribution >= 0.6 is 0 Å². The van der Waals surface area contributed by atoms with Gasteiger partial charge in [-0.2, -0.15) is 0 Å². The molecule has 0 bridgehead atoms. The third-order valence-electron chi connectivity index (χ3n) is 5.59. The lowest BCUT2D eigenvalue weighted by Gasteiger charge is -2.17. The largest absolute Gasteiger partial charge is 0.335 e. The summed E-state index contributed by atoms with van der Waals surface area (Å²) in [6.07, 6.45) is 26.2. The molecule has 1 heteroatoms. The maximum atomic E-state index is 2.32. The second-order valence-corrected chi connectivity index (χ2v) is 8.30. The minimum absolute atomic E-state index is 1.34. The first kappa shape index (κ1) is 25.0. The number of rotatable bonds is 21. The second-order valence-electron chi connectivity index (χ2n) is 8.30. The van der Waals surface area contributed by atoms with Crippen molar-refractivity contribution in [1.82, 2.24) is 0 Å². The maximum Gasteiger partial charge on any atom is 0.0770 e. The molecule has 0 aromatic heterocycles. The number of unbranched alkanes of at least 4 members (excludes halogenated alkanes) is 15. The van der Waals surface area contributed by atoms with E-state index >= 15 is 0 Å². The van der Waals surface area contributed by atoms with Gasteiger partial charge in [0.1, 0.15) is 0 Å². The maximum absolute atomic E-state index is 2.32. The van der Waals surface area contributed by atoms with Crippen LogP contribution in [0.15, 0.2) is 0 Å². The third-order valence-corrected chi connectivity index (χ3v) is 5.59. The average molecular weight is 355 g/mol. The third kappa shape index (κ3) is 20.1. The summed E-state index contributed by atoms with van der Waals surface area (Å²) in [7, 11) is 0. The lowest BCUT2D eigenvalue weighted by molar-refractivity contribution is -0.900. The Morgan fingerprint density at radius 2 is 0.640 bits per heavy atom. The molecule has 0 rings (SSSR count). The highest BCUT2D eigenvalue weighted by atomic mass is 15.1. The Kier molecular flexibility index (Phi) is 22.0. The van der Waals surface area contributed by atoms with Crippen LogP contribution in [0.25, 0.3) is 0 Å². The van der Waals surface area contributed by atoms with Gasteiger partial charge in [0.05, 0.1) is 19.6 Å². The SMILES string of the molecule is CCCCCCCCCCCCCCCCCC[NH+](CCC)CCC. The van der Waals surface area contributed by atoms with Crippen molar-refractivity contribution in [1.29, 1.82) is 0 Å². The van der Waals surface area contributed by atoms with Gasteiger partial charge in [0, 0.05) is 0 Å². The predicted molar refractivity (Wildman–Crippen MR) is 116 cm³/mol. The molecule has 0 fully saturated rings. The molecular weight excluding hydrogens is 302 g/mol. The summed E-state index contributed by atoms with van der Waals surface area (Å²) in [5, 5.41) is 0. The van der Waals surface area contributed by atoms with E-state index in [1.54, 1.807) is 0 Å². The fraction of sp³-hybridized carbons (Fsp3) is 1.00. The standard InChI is InChI=1S/C24H51N/c1-4-7-8-9-10-11-12-13-14-15-16-17-18-19-20-21-24-25(22-5-2)23-6-3/h4-24H2,1-3H3/p+1. The van der Waals surface area contributed by atoms with Crippen LogP contribution in [0.5, 0.6) is 0 Å². The topological polar surface area (TPSA) is 4.44 Å². The van der Waals surface area contributed by atoms with Crippen LogP contribution in [0.2, 0.25) is 0 Å². The Morgan fingerprint density at radius 1 is 0.320 bits per heavy atom. The van der Waals surface area contributed by atoms with E-state index in [0.717, 1.165) is 0 Å². The van der Waals surface area contributed by atoms with Crippen LogP contribution in [-0.2, 0) is 0 Å². The molecule has 0 heterocycles. The highest BCUT2D eigenvalue weighted by Crippen LogP contribution is 2.13. The molecule has 0 atom stereocenters. The van der Waals surface area contributed by atoms with Crippen molar-refractivity contribution in [2.75, 3.05) is 19.6 Å². The molecule has 0 aliphatic heterocycles. The highest BCUT2D eigenvalue weighted by Gasteiger charge is 2.04. The molecule has 0 radical (unpaired) electrons. The molecule has 0 spiro atoms. The summed E-state index contributed by atoms with van der Waals surface area (Å²) in [6, 6.07) is 0. The van der Waals surface area contributed by atoms with Crippen molar-refractivity contribution in [2.24, 2.45) is 0 Å². The smallest absolute Gasteiger partial charge is 0.0770 e. The van der Waals surface area contributed by atoms with Crippen molar-refractivity contribution in [2.45, 2.75) is 136 Å². The fourth-order valence-electron chi connectivity index (χ4n) is 4.01. The van der Waals surface area contributed by atoms with Crippen molar-refractivity contribution in [3.63, 3.8) is 0 Å². The first-order valence-corrected chi connectivity index (χ1v) is 12.2. The monoisotopic (exact) mass is 354 g/mol. The molecular formula is C24H52N+. The molecule has 152 valence electrons. The van der Waals surface area contributed by atoms with E-state index in [2.05, 4.69) is 20.8 Å². The zero-order chi connectivity index (χ0) is 18.4. The lowest BCUT2D eigenvalue weighted by Crippen LogP contribution is -3.12. The molecule has 0 aliphatic carbocycles. The minimum Gasteiger partial charge on any atom is -0.335 e. The molecule has 1 nitrogen and oxygen atoms in total. The molecule has 0 aromatic rings. The van der Waals surface area contributed by atoms with E-state index in [4.69, 9.17) is 0 Å². The zero-order valence-electron chi connectivity index (χ0n) is 18.3. The van der Waals surface area contributed by atoms with Crippen LogP contribution in [-0.4, -0.2) is 19.6 Å². The minimum atomic E-state index is 1.34. The summed E-state index contributed by atoms with van der Waals surface area (Å²) in [4.78, 5) is 1.84. The molecule has 0 saturated heterocycles. The van der Waals surface area contributed by atoms with Crippen LogP contribution < -0.4 is 4.90 Å². The van der Waals surface area contributed by atoms with E-state index < -0.39 is 0 Å². The Labute approximate surface area is 161 Å². The molecule has 0 amide bonds. The summed E-state index contributed by atoms with van der Waals surface area (Å²) >= 11 is 0. The van der Waals surface area contributed by atoms with Gasteiger partial charge in [0.25, 0.3) is 0 Å². The molecule has 0 unspecified atom stereocenters. The summed E-state index contributed by atoms with van der Waals surface area (Å²) in [5.74, 6) is 0. The van der Waals surface area contributed by atoms with Gasteiger partial charge >= 0.3 is 0 Å². The lowest BCUT2D eigenvalue weighted by atomic mass is 10.0. The van der Waals surface area contributed by atoms with Crippen LogP contribution in [0.4, 0.5) is 0 Å². The van der Waals surface area contributed by atoms with Gasteiger partial charge in [-0.05, 0) is 25.7 Å².